The highest BCUT2D eigenvalue weighted by Crippen LogP contribution is 2.22. The summed E-state index contributed by atoms with van der Waals surface area (Å²) in [5.41, 5.74) is 2.97. The first-order valence-corrected chi connectivity index (χ1v) is 7.82. The number of hydrogen-bond acceptors (Lipinski definition) is 2. The SMILES string of the molecule is Cc1c(Cl)cccc1NCCC(=O)NCc1ccc(Cl)cc1. The van der Waals surface area contributed by atoms with Gasteiger partial charge < -0.3 is 10.6 Å². The molecule has 116 valence electrons. The molecule has 0 radical (unpaired) electrons. The molecule has 0 spiro atoms. The standard InChI is InChI=1S/C17H18Cl2N2O/c1-12-15(19)3-2-4-16(12)20-10-9-17(22)21-11-13-5-7-14(18)8-6-13/h2-8,20H,9-11H2,1H3,(H,21,22). The number of anilines is 1. The lowest BCUT2D eigenvalue weighted by Crippen LogP contribution is -2.24. The van der Waals surface area contributed by atoms with E-state index in [0.717, 1.165) is 21.8 Å². The smallest absolute Gasteiger partial charge is 0.222 e. The zero-order valence-electron chi connectivity index (χ0n) is 12.3. The topological polar surface area (TPSA) is 41.1 Å². The molecule has 0 aliphatic rings. The average molecular weight is 337 g/mol. The van der Waals surface area contributed by atoms with Crippen molar-refractivity contribution in [3.8, 4) is 0 Å². The van der Waals surface area contributed by atoms with E-state index in [0.29, 0.717) is 24.5 Å². The zero-order chi connectivity index (χ0) is 15.9. The first-order valence-electron chi connectivity index (χ1n) is 7.06. The molecule has 0 atom stereocenters. The quantitative estimate of drug-likeness (QED) is 0.819. The van der Waals surface area contributed by atoms with Crippen molar-refractivity contribution in [2.45, 2.75) is 19.9 Å². The zero-order valence-corrected chi connectivity index (χ0v) is 13.8. The van der Waals surface area contributed by atoms with Crippen molar-refractivity contribution in [2.75, 3.05) is 11.9 Å². The second-order valence-corrected chi connectivity index (χ2v) is 5.84. The summed E-state index contributed by atoms with van der Waals surface area (Å²) >= 11 is 11.9. The molecule has 22 heavy (non-hydrogen) atoms. The highest BCUT2D eigenvalue weighted by atomic mass is 35.5. The molecule has 3 nitrogen and oxygen atoms in total. The lowest BCUT2D eigenvalue weighted by atomic mass is 10.2. The van der Waals surface area contributed by atoms with Crippen molar-refractivity contribution >= 4 is 34.8 Å². The van der Waals surface area contributed by atoms with Crippen LogP contribution in [0.25, 0.3) is 0 Å². The Morgan fingerprint density at radius 2 is 1.82 bits per heavy atom. The molecule has 0 aliphatic heterocycles. The van der Waals surface area contributed by atoms with E-state index in [2.05, 4.69) is 10.6 Å². The van der Waals surface area contributed by atoms with Gasteiger partial charge in [0.15, 0.2) is 0 Å². The van der Waals surface area contributed by atoms with Crippen molar-refractivity contribution in [1.82, 2.24) is 5.32 Å². The second-order valence-electron chi connectivity index (χ2n) is 4.99. The molecule has 2 rings (SSSR count). The number of rotatable bonds is 6. The Morgan fingerprint density at radius 1 is 1.09 bits per heavy atom. The van der Waals surface area contributed by atoms with Crippen LogP contribution in [0.4, 0.5) is 5.69 Å². The number of amides is 1. The van der Waals surface area contributed by atoms with Crippen LogP contribution < -0.4 is 10.6 Å². The van der Waals surface area contributed by atoms with Gasteiger partial charge in [0.2, 0.25) is 5.91 Å². The van der Waals surface area contributed by atoms with Crippen LogP contribution in [0, 0.1) is 6.92 Å². The van der Waals surface area contributed by atoms with Crippen LogP contribution in [-0.2, 0) is 11.3 Å². The van der Waals surface area contributed by atoms with E-state index in [4.69, 9.17) is 23.2 Å². The van der Waals surface area contributed by atoms with Crippen molar-refractivity contribution in [2.24, 2.45) is 0 Å². The molecule has 5 heteroatoms. The van der Waals surface area contributed by atoms with E-state index < -0.39 is 0 Å². The van der Waals surface area contributed by atoms with Gasteiger partial charge in [0, 0.05) is 35.2 Å². The van der Waals surface area contributed by atoms with Gasteiger partial charge in [0.25, 0.3) is 0 Å². The maximum Gasteiger partial charge on any atom is 0.222 e. The Labute approximate surface area is 140 Å². The second kappa shape index (κ2) is 8.06. The van der Waals surface area contributed by atoms with Gasteiger partial charge in [-0.2, -0.15) is 0 Å². The summed E-state index contributed by atoms with van der Waals surface area (Å²) in [6.45, 7) is 3.02. The third kappa shape index (κ3) is 4.93. The number of carbonyl (C=O) groups is 1. The van der Waals surface area contributed by atoms with Gasteiger partial charge >= 0.3 is 0 Å². The molecule has 0 saturated carbocycles. The van der Waals surface area contributed by atoms with Crippen molar-refractivity contribution < 1.29 is 4.79 Å². The Kier molecular flexibility index (Phi) is 6.10. The average Bonchev–Trinajstić information content (AvgIpc) is 2.51. The highest BCUT2D eigenvalue weighted by Gasteiger charge is 2.04. The fourth-order valence-electron chi connectivity index (χ4n) is 2.00. The third-order valence-electron chi connectivity index (χ3n) is 3.34. The Bertz CT molecular complexity index is 642. The summed E-state index contributed by atoms with van der Waals surface area (Å²) in [4.78, 5) is 11.8. The molecule has 0 bridgehead atoms. The summed E-state index contributed by atoms with van der Waals surface area (Å²) in [6.07, 6.45) is 0.402. The van der Waals surface area contributed by atoms with Gasteiger partial charge in [-0.15, -0.1) is 0 Å². The van der Waals surface area contributed by atoms with Crippen molar-refractivity contribution in [1.29, 1.82) is 0 Å². The molecule has 2 aromatic rings. The van der Waals surface area contributed by atoms with Crippen LogP contribution >= 0.6 is 23.2 Å². The Morgan fingerprint density at radius 3 is 2.55 bits per heavy atom. The van der Waals surface area contributed by atoms with Gasteiger partial charge in [-0.3, -0.25) is 4.79 Å². The number of benzene rings is 2. The number of nitrogens with one attached hydrogen (secondary N) is 2. The molecule has 0 heterocycles. The summed E-state index contributed by atoms with van der Waals surface area (Å²) < 4.78 is 0. The van der Waals surface area contributed by atoms with Crippen LogP contribution in [0.1, 0.15) is 17.5 Å². The summed E-state index contributed by atoms with van der Waals surface area (Å²) in [7, 11) is 0. The largest absolute Gasteiger partial charge is 0.384 e. The van der Waals surface area contributed by atoms with Gasteiger partial charge in [0.1, 0.15) is 0 Å². The maximum atomic E-state index is 11.8. The minimum atomic E-state index is 0.00197. The molecule has 0 unspecified atom stereocenters. The predicted molar refractivity (Wildman–Crippen MR) is 92.6 cm³/mol. The van der Waals surface area contributed by atoms with Crippen LogP contribution in [0.15, 0.2) is 42.5 Å². The van der Waals surface area contributed by atoms with Crippen LogP contribution in [0.3, 0.4) is 0 Å². The summed E-state index contributed by atoms with van der Waals surface area (Å²) in [5, 5.41) is 7.52. The Balaban J connectivity index is 1.74. The lowest BCUT2D eigenvalue weighted by Gasteiger charge is -2.10. The van der Waals surface area contributed by atoms with E-state index in [1.807, 2.05) is 49.4 Å². The number of hydrogen-bond donors (Lipinski definition) is 2. The van der Waals surface area contributed by atoms with Crippen molar-refractivity contribution in [3.05, 3.63) is 63.6 Å². The minimum absolute atomic E-state index is 0.00197. The normalized spacial score (nSPS) is 10.3. The molecular weight excluding hydrogens is 319 g/mol. The highest BCUT2D eigenvalue weighted by molar-refractivity contribution is 6.31. The molecule has 2 aromatic carbocycles. The summed E-state index contributed by atoms with van der Waals surface area (Å²) in [6, 6.07) is 13.1. The Hall–Kier alpha value is -1.71. The maximum absolute atomic E-state index is 11.8. The number of halogens is 2. The van der Waals surface area contributed by atoms with Gasteiger partial charge in [-0.05, 0) is 42.3 Å². The molecule has 0 saturated heterocycles. The van der Waals surface area contributed by atoms with Gasteiger partial charge in [0.05, 0.1) is 0 Å². The molecular formula is C17H18Cl2N2O. The fraction of sp³-hybridized carbons (Fsp3) is 0.235. The monoisotopic (exact) mass is 336 g/mol. The van der Waals surface area contributed by atoms with Gasteiger partial charge in [-0.25, -0.2) is 0 Å². The van der Waals surface area contributed by atoms with E-state index in [1.165, 1.54) is 0 Å². The van der Waals surface area contributed by atoms with Crippen molar-refractivity contribution in [3.63, 3.8) is 0 Å². The van der Waals surface area contributed by atoms with E-state index in [9.17, 15) is 4.79 Å². The number of carbonyl (C=O) groups excluding carboxylic acids is 1. The molecule has 2 N–H and O–H groups in total. The first kappa shape index (κ1) is 16.7. The molecule has 1 amide bonds. The minimum Gasteiger partial charge on any atom is -0.384 e. The van der Waals surface area contributed by atoms with Gasteiger partial charge in [-0.1, -0.05) is 41.4 Å². The molecule has 0 aromatic heterocycles. The fourth-order valence-corrected chi connectivity index (χ4v) is 2.30. The van der Waals surface area contributed by atoms with Crippen LogP contribution in [0.2, 0.25) is 10.0 Å². The first-order chi connectivity index (χ1) is 10.6. The van der Waals surface area contributed by atoms with Crippen LogP contribution in [-0.4, -0.2) is 12.5 Å². The molecule has 0 fully saturated rings. The van der Waals surface area contributed by atoms with E-state index >= 15 is 0 Å². The molecule has 0 aliphatic carbocycles. The van der Waals surface area contributed by atoms with Crippen LogP contribution in [0.5, 0.6) is 0 Å². The predicted octanol–water partition coefficient (Wildman–Crippen LogP) is 4.42. The summed E-state index contributed by atoms with van der Waals surface area (Å²) in [5.74, 6) is 0.00197. The lowest BCUT2D eigenvalue weighted by molar-refractivity contribution is -0.121. The van der Waals surface area contributed by atoms with E-state index in [-0.39, 0.29) is 5.91 Å². The third-order valence-corrected chi connectivity index (χ3v) is 4.00. The van der Waals surface area contributed by atoms with E-state index in [1.54, 1.807) is 0 Å².